The number of fused-ring (bicyclic) bond motifs is 1. The summed E-state index contributed by atoms with van der Waals surface area (Å²) in [5.74, 6) is 0.838. The molecule has 0 saturated carbocycles. The third-order valence-electron chi connectivity index (χ3n) is 4.70. The Hall–Kier alpha value is -1.55. The van der Waals surface area contributed by atoms with Crippen molar-refractivity contribution in [3.8, 4) is 5.75 Å². The SMILES string of the molecule is CCCCCCCCCN1C(=O)C(C)Oc2ccc(C(C)N)cc21. The molecule has 0 aromatic heterocycles. The molecule has 1 aliphatic rings. The minimum Gasteiger partial charge on any atom is -0.479 e. The Bertz CT molecular complexity index is 542. The van der Waals surface area contributed by atoms with Crippen molar-refractivity contribution in [3.05, 3.63) is 23.8 Å². The number of carbonyl (C=O) groups is 1. The van der Waals surface area contributed by atoms with Crippen molar-refractivity contribution in [3.63, 3.8) is 0 Å². The first kappa shape index (κ1) is 18.8. The molecule has 2 atom stereocenters. The number of hydrogen-bond donors (Lipinski definition) is 1. The average Bonchev–Trinajstić information content (AvgIpc) is 2.56. The predicted molar refractivity (Wildman–Crippen MR) is 99.5 cm³/mol. The van der Waals surface area contributed by atoms with Crippen LogP contribution in [0.4, 0.5) is 5.69 Å². The van der Waals surface area contributed by atoms with E-state index in [2.05, 4.69) is 6.92 Å². The van der Waals surface area contributed by atoms with Crippen LogP contribution in [-0.4, -0.2) is 18.6 Å². The summed E-state index contributed by atoms with van der Waals surface area (Å²) in [6.07, 6.45) is 8.27. The second kappa shape index (κ2) is 9.07. The topological polar surface area (TPSA) is 55.6 Å². The maximum absolute atomic E-state index is 12.5. The third kappa shape index (κ3) is 4.73. The van der Waals surface area contributed by atoms with Crippen molar-refractivity contribution < 1.29 is 9.53 Å². The maximum atomic E-state index is 12.5. The number of carbonyl (C=O) groups excluding carboxylic acids is 1. The Balaban J connectivity index is 1.98. The van der Waals surface area contributed by atoms with Gasteiger partial charge in [-0.05, 0) is 38.0 Å². The quantitative estimate of drug-likeness (QED) is 0.674. The number of rotatable bonds is 9. The first-order valence-electron chi connectivity index (χ1n) is 9.42. The molecule has 1 heterocycles. The number of benzene rings is 1. The van der Waals surface area contributed by atoms with E-state index < -0.39 is 6.10 Å². The van der Waals surface area contributed by atoms with Gasteiger partial charge in [-0.2, -0.15) is 0 Å². The van der Waals surface area contributed by atoms with Gasteiger partial charge in [0.25, 0.3) is 5.91 Å². The van der Waals surface area contributed by atoms with Crippen molar-refractivity contribution in [1.82, 2.24) is 0 Å². The lowest BCUT2D eigenvalue weighted by Gasteiger charge is -2.33. The fourth-order valence-electron chi connectivity index (χ4n) is 3.16. The summed E-state index contributed by atoms with van der Waals surface area (Å²) in [6.45, 7) is 6.77. The number of amides is 1. The van der Waals surface area contributed by atoms with Gasteiger partial charge in [0, 0.05) is 12.6 Å². The Morgan fingerprint density at radius 3 is 2.50 bits per heavy atom. The Morgan fingerprint density at radius 2 is 1.83 bits per heavy atom. The lowest BCUT2D eigenvalue weighted by atomic mass is 10.0. The lowest BCUT2D eigenvalue weighted by molar-refractivity contribution is -0.125. The van der Waals surface area contributed by atoms with Crippen molar-refractivity contribution in [1.29, 1.82) is 0 Å². The zero-order valence-electron chi connectivity index (χ0n) is 15.4. The summed E-state index contributed by atoms with van der Waals surface area (Å²) < 4.78 is 5.75. The van der Waals surface area contributed by atoms with Gasteiger partial charge in [-0.1, -0.05) is 51.5 Å². The molecule has 4 heteroatoms. The molecule has 2 rings (SSSR count). The van der Waals surface area contributed by atoms with E-state index in [0.717, 1.165) is 30.0 Å². The van der Waals surface area contributed by atoms with Crippen molar-refractivity contribution in [2.75, 3.05) is 11.4 Å². The molecule has 2 N–H and O–H groups in total. The van der Waals surface area contributed by atoms with E-state index in [4.69, 9.17) is 10.5 Å². The number of unbranched alkanes of at least 4 members (excludes halogenated alkanes) is 6. The molecule has 24 heavy (non-hydrogen) atoms. The van der Waals surface area contributed by atoms with Gasteiger partial charge < -0.3 is 15.4 Å². The van der Waals surface area contributed by atoms with Crippen molar-refractivity contribution in [2.45, 2.75) is 77.9 Å². The van der Waals surface area contributed by atoms with Crippen LogP contribution in [0.3, 0.4) is 0 Å². The van der Waals surface area contributed by atoms with Crippen LogP contribution >= 0.6 is 0 Å². The summed E-state index contributed by atoms with van der Waals surface area (Å²) in [6, 6.07) is 5.88. The van der Waals surface area contributed by atoms with E-state index in [1.807, 2.05) is 36.9 Å². The van der Waals surface area contributed by atoms with E-state index in [9.17, 15) is 4.79 Å². The fraction of sp³-hybridized carbons (Fsp3) is 0.650. The average molecular weight is 332 g/mol. The molecular weight excluding hydrogens is 300 g/mol. The van der Waals surface area contributed by atoms with Crippen LogP contribution < -0.4 is 15.4 Å². The highest BCUT2D eigenvalue weighted by molar-refractivity contribution is 5.99. The highest BCUT2D eigenvalue weighted by atomic mass is 16.5. The standard InChI is InChI=1S/C20H32N2O2/c1-4-5-6-7-8-9-10-13-22-18-14-17(15(2)21)11-12-19(18)24-16(3)20(22)23/h11-12,14-16H,4-10,13,21H2,1-3H3. The summed E-state index contributed by atoms with van der Waals surface area (Å²) in [4.78, 5) is 14.4. The number of nitrogens with zero attached hydrogens (tertiary/aromatic N) is 1. The van der Waals surface area contributed by atoms with Crippen molar-refractivity contribution in [2.24, 2.45) is 5.73 Å². The van der Waals surface area contributed by atoms with Crippen LogP contribution in [0.25, 0.3) is 0 Å². The molecule has 0 radical (unpaired) electrons. The van der Waals surface area contributed by atoms with Gasteiger partial charge in [-0.15, -0.1) is 0 Å². The van der Waals surface area contributed by atoms with Crippen LogP contribution in [-0.2, 0) is 4.79 Å². The van der Waals surface area contributed by atoms with E-state index >= 15 is 0 Å². The molecule has 0 aliphatic carbocycles. The van der Waals surface area contributed by atoms with Gasteiger partial charge in [0.1, 0.15) is 5.75 Å². The summed E-state index contributed by atoms with van der Waals surface area (Å²) in [7, 11) is 0. The van der Waals surface area contributed by atoms with Crippen LogP contribution in [0.5, 0.6) is 5.75 Å². The molecular formula is C20H32N2O2. The second-order valence-electron chi connectivity index (χ2n) is 6.89. The van der Waals surface area contributed by atoms with Crippen LogP contribution in [0.2, 0.25) is 0 Å². The maximum Gasteiger partial charge on any atom is 0.267 e. The van der Waals surface area contributed by atoms with Crippen LogP contribution in [0, 0.1) is 0 Å². The van der Waals surface area contributed by atoms with Gasteiger partial charge in [-0.3, -0.25) is 4.79 Å². The summed E-state index contributed by atoms with van der Waals surface area (Å²) >= 11 is 0. The van der Waals surface area contributed by atoms with Crippen LogP contribution in [0.1, 0.15) is 77.3 Å². The van der Waals surface area contributed by atoms with Gasteiger partial charge in [-0.25, -0.2) is 0 Å². The van der Waals surface area contributed by atoms with E-state index in [0.29, 0.717) is 0 Å². The number of nitrogens with two attached hydrogens (primary N) is 1. The van der Waals surface area contributed by atoms with E-state index in [-0.39, 0.29) is 11.9 Å². The molecule has 0 bridgehead atoms. The first-order valence-corrected chi connectivity index (χ1v) is 9.42. The smallest absolute Gasteiger partial charge is 0.267 e. The molecule has 1 aromatic carbocycles. The molecule has 1 amide bonds. The zero-order valence-corrected chi connectivity index (χ0v) is 15.4. The molecule has 4 nitrogen and oxygen atoms in total. The van der Waals surface area contributed by atoms with Crippen molar-refractivity contribution >= 4 is 11.6 Å². The highest BCUT2D eigenvalue weighted by Crippen LogP contribution is 2.36. The Labute approximate surface area is 146 Å². The number of ether oxygens (including phenoxy) is 1. The lowest BCUT2D eigenvalue weighted by Crippen LogP contribution is -2.45. The monoisotopic (exact) mass is 332 g/mol. The number of hydrogen-bond acceptors (Lipinski definition) is 3. The normalized spacial score (nSPS) is 18.2. The molecule has 2 unspecified atom stereocenters. The zero-order chi connectivity index (χ0) is 17.5. The summed E-state index contributed by atoms with van der Waals surface area (Å²) in [5.41, 5.74) is 7.90. The van der Waals surface area contributed by atoms with Crippen LogP contribution in [0.15, 0.2) is 18.2 Å². The first-order chi connectivity index (χ1) is 11.5. The van der Waals surface area contributed by atoms with E-state index in [1.54, 1.807) is 0 Å². The van der Waals surface area contributed by atoms with E-state index in [1.165, 1.54) is 38.5 Å². The minimum absolute atomic E-state index is 0.0508. The minimum atomic E-state index is -0.414. The molecule has 134 valence electrons. The molecule has 1 aromatic rings. The predicted octanol–water partition coefficient (Wildman–Crippen LogP) is 4.57. The fourth-order valence-corrected chi connectivity index (χ4v) is 3.16. The summed E-state index contributed by atoms with van der Waals surface area (Å²) in [5, 5.41) is 0. The molecule has 1 aliphatic heterocycles. The van der Waals surface area contributed by atoms with Gasteiger partial charge in [0.2, 0.25) is 0 Å². The van der Waals surface area contributed by atoms with Gasteiger partial charge in [0.05, 0.1) is 5.69 Å². The largest absolute Gasteiger partial charge is 0.479 e. The third-order valence-corrected chi connectivity index (χ3v) is 4.70. The second-order valence-corrected chi connectivity index (χ2v) is 6.89. The van der Waals surface area contributed by atoms with Gasteiger partial charge >= 0.3 is 0 Å². The Morgan fingerprint density at radius 1 is 1.17 bits per heavy atom. The van der Waals surface area contributed by atoms with Gasteiger partial charge in [0.15, 0.2) is 6.10 Å². The Kier molecular flexibility index (Phi) is 7.10. The highest BCUT2D eigenvalue weighted by Gasteiger charge is 2.31. The molecule has 0 spiro atoms. The molecule has 0 fully saturated rings. The number of anilines is 1. The molecule has 0 saturated heterocycles.